The smallest absolute Gasteiger partial charge is 0.290 e. The fraction of sp³-hybridized carbons (Fsp3) is 0.294. The van der Waals surface area contributed by atoms with E-state index in [1.807, 2.05) is 0 Å². The predicted octanol–water partition coefficient (Wildman–Crippen LogP) is 2.88. The Morgan fingerprint density at radius 1 is 1.19 bits per heavy atom. The number of para-hydroxylation sites is 1. The average molecular weight is 431 g/mol. The van der Waals surface area contributed by atoms with Crippen molar-refractivity contribution in [2.24, 2.45) is 0 Å². The molecule has 2 aromatic rings. The Morgan fingerprint density at radius 2 is 1.81 bits per heavy atom. The first-order valence-corrected chi connectivity index (χ1v) is 11.4. The minimum absolute atomic E-state index is 0.0447. The zero-order chi connectivity index (χ0) is 20.2. The van der Waals surface area contributed by atoms with Crippen molar-refractivity contribution in [2.45, 2.75) is 28.9 Å². The maximum absolute atomic E-state index is 13.5. The second-order valence-electron chi connectivity index (χ2n) is 6.44. The molecule has 3 N–H and O–H groups in total. The summed E-state index contributed by atoms with van der Waals surface area (Å²) < 4.78 is 61.8. The molecule has 0 aliphatic carbocycles. The van der Waals surface area contributed by atoms with E-state index in [1.54, 1.807) is 31.2 Å². The third kappa shape index (κ3) is 2.80. The lowest BCUT2D eigenvalue weighted by Crippen LogP contribution is -2.54. The van der Waals surface area contributed by atoms with Gasteiger partial charge in [0, 0.05) is 12.2 Å². The summed E-state index contributed by atoms with van der Waals surface area (Å²) in [5, 5.41) is -1.50. The average Bonchev–Trinajstić information content (AvgIpc) is 2.86. The SMILES string of the molecule is CCN1c2ccccc2C(S(=O)(=O)c2ccc(N)c(Cl)c2)C1(C)S(=O)(=O)O. The summed E-state index contributed by atoms with van der Waals surface area (Å²) in [4.78, 5) is -0.883. The number of nitrogens with zero attached hydrogens (tertiary/aromatic N) is 1. The van der Waals surface area contributed by atoms with Gasteiger partial charge in [-0.1, -0.05) is 29.8 Å². The number of benzene rings is 2. The number of rotatable bonds is 4. The van der Waals surface area contributed by atoms with Crippen LogP contribution >= 0.6 is 11.6 Å². The molecule has 0 radical (unpaired) electrons. The first kappa shape index (κ1) is 19.9. The van der Waals surface area contributed by atoms with E-state index in [0.29, 0.717) is 11.3 Å². The minimum Gasteiger partial charge on any atom is -0.398 e. The molecule has 1 aliphatic rings. The van der Waals surface area contributed by atoms with Crippen molar-refractivity contribution in [3.05, 3.63) is 53.1 Å². The Bertz CT molecular complexity index is 1120. The molecule has 0 amide bonds. The molecule has 3 rings (SSSR count). The predicted molar refractivity (Wildman–Crippen MR) is 105 cm³/mol. The lowest BCUT2D eigenvalue weighted by Gasteiger charge is -2.37. The number of likely N-dealkylation sites (N-methyl/N-ethyl adjacent to an activating group) is 1. The van der Waals surface area contributed by atoms with Crippen LogP contribution in [-0.4, -0.2) is 32.8 Å². The Hall–Kier alpha value is -1.81. The van der Waals surface area contributed by atoms with Gasteiger partial charge in [0.25, 0.3) is 10.1 Å². The molecule has 1 aliphatic heterocycles. The van der Waals surface area contributed by atoms with Gasteiger partial charge >= 0.3 is 0 Å². The third-order valence-electron chi connectivity index (χ3n) is 4.98. The van der Waals surface area contributed by atoms with E-state index < -0.39 is 30.1 Å². The molecular formula is C17H19ClN2O5S2. The molecule has 2 aromatic carbocycles. The zero-order valence-corrected chi connectivity index (χ0v) is 17.0. The maximum atomic E-state index is 13.5. The van der Waals surface area contributed by atoms with Crippen molar-refractivity contribution >= 4 is 42.9 Å². The normalized spacial score (nSPS) is 22.7. The molecule has 146 valence electrons. The van der Waals surface area contributed by atoms with E-state index in [4.69, 9.17) is 17.3 Å². The van der Waals surface area contributed by atoms with Crippen molar-refractivity contribution < 1.29 is 21.4 Å². The molecule has 0 saturated heterocycles. The largest absolute Gasteiger partial charge is 0.398 e. The number of halogens is 1. The van der Waals surface area contributed by atoms with E-state index in [1.165, 1.54) is 30.0 Å². The van der Waals surface area contributed by atoms with E-state index in [0.717, 1.165) is 0 Å². The molecule has 10 heteroatoms. The minimum atomic E-state index is -4.80. The van der Waals surface area contributed by atoms with Gasteiger partial charge in [-0.05, 0) is 43.7 Å². The van der Waals surface area contributed by atoms with E-state index >= 15 is 0 Å². The molecular weight excluding hydrogens is 412 g/mol. The Morgan fingerprint density at radius 3 is 2.37 bits per heavy atom. The van der Waals surface area contributed by atoms with Crippen LogP contribution in [0.15, 0.2) is 47.4 Å². The maximum Gasteiger partial charge on any atom is 0.290 e. The van der Waals surface area contributed by atoms with Crippen LogP contribution in [0, 0.1) is 0 Å². The van der Waals surface area contributed by atoms with Crippen LogP contribution in [0.25, 0.3) is 0 Å². The van der Waals surface area contributed by atoms with Gasteiger partial charge in [0.15, 0.2) is 14.7 Å². The molecule has 0 fully saturated rings. The lowest BCUT2D eigenvalue weighted by atomic mass is 10.1. The van der Waals surface area contributed by atoms with Gasteiger partial charge in [0.05, 0.1) is 15.6 Å². The van der Waals surface area contributed by atoms with Crippen LogP contribution in [0.1, 0.15) is 24.7 Å². The highest BCUT2D eigenvalue weighted by Crippen LogP contribution is 2.54. The number of anilines is 2. The monoisotopic (exact) mass is 430 g/mol. The van der Waals surface area contributed by atoms with Gasteiger partial charge in [-0.2, -0.15) is 8.42 Å². The number of nitrogen functional groups attached to an aromatic ring is 1. The van der Waals surface area contributed by atoms with Crippen molar-refractivity contribution in [1.82, 2.24) is 0 Å². The summed E-state index contributed by atoms with van der Waals surface area (Å²) in [6, 6.07) is 10.3. The summed E-state index contributed by atoms with van der Waals surface area (Å²) >= 11 is 5.98. The van der Waals surface area contributed by atoms with Crippen LogP contribution in [0.3, 0.4) is 0 Å². The number of fused-ring (bicyclic) bond motifs is 1. The van der Waals surface area contributed by atoms with E-state index in [-0.39, 0.29) is 22.2 Å². The molecule has 2 unspecified atom stereocenters. The summed E-state index contributed by atoms with van der Waals surface area (Å²) in [6.07, 6.45) is 0. The molecule has 0 spiro atoms. The molecule has 2 atom stereocenters. The van der Waals surface area contributed by atoms with Gasteiger partial charge in [-0.3, -0.25) is 4.55 Å². The van der Waals surface area contributed by atoms with Gasteiger partial charge in [-0.25, -0.2) is 8.42 Å². The van der Waals surface area contributed by atoms with Crippen molar-refractivity contribution in [1.29, 1.82) is 0 Å². The first-order valence-electron chi connectivity index (χ1n) is 8.08. The van der Waals surface area contributed by atoms with Gasteiger partial charge in [0.2, 0.25) is 0 Å². The number of hydrogen-bond acceptors (Lipinski definition) is 6. The fourth-order valence-corrected chi connectivity index (χ4v) is 7.60. The Kier molecular flexibility index (Phi) is 4.70. The van der Waals surface area contributed by atoms with Gasteiger partial charge < -0.3 is 10.6 Å². The highest BCUT2D eigenvalue weighted by molar-refractivity contribution is 7.94. The second kappa shape index (κ2) is 6.37. The quantitative estimate of drug-likeness (QED) is 0.565. The summed E-state index contributed by atoms with van der Waals surface area (Å²) in [7, 11) is -9.05. The van der Waals surface area contributed by atoms with Crippen molar-refractivity contribution in [3.63, 3.8) is 0 Å². The molecule has 0 bridgehead atoms. The molecule has 1 heterocycles. The van der Waals surface area contributed by atoms with Crippen molar-refractivity contribution in [2.75, 3.05) is 17.2 Å². The van der Waals surface area contributed by atoms with Gasteiger partial charge in [0.1, 0.15) is 5.25 Å². The number of sulfone groups is 1. The van der Waals surface area contributed by atoms with E-state index in [2.05, 4.69) is 0 Å². The summed E-state index contributed by atoms with van der Waals surface area (Å²) in [5.41, 5.74) is 6.60. The Balaban J connectivity index is 2.35. The fourth-order valence-electron chi connectivity index (χ4n) is 3.66. The number of hydrogen-bond donors (Lipinski definition) is 2. The van der Waals surface area contributed by atoms with E-state index in [9.17, 15) is 21.4 Å². The van der Waals surface area contributed by atoms with Crippen molar-refractivity contribution in [3.8, 4) is 0 Å². The molecule has 7 nitrogen and oxygen atoms in total. The second-order valence-corrected chi connectivity index (χ2v) is 10.7. The van der Waals surface area contributed by atoms with Crippen LogP contribution in [0.4, 0.5) is 11.4 Å². The van der Waals surface area contributed by atoms with Crippen LogP contribution in [-0.2, 0) is 20.0 Å². The number of nitrogens with two attached hydrogens (primary N) is 1. The molecule has 0 saturated carbocycles. The van der Waals surface area contributed by atoms with Crippen LogP contribution in [0.5, 0.6) is 0 Å². The first-order chi connectivity index (χ1) is 12.5. The highest BCUT2D eigenvalue weighted by atomic mass is 35.5. The Labute approximate surface area is 163 Å². The highest BCUT2D eigenvalue weighted by Gasteiger charge is 2.61. The topological polar surface area (TPSA) is 118 Å². The third-order valence-corrected chi connectivity index (χ3v) is 9.20. The zero-order valence-electron chi connectivity index (χ0n) is 14.6. The summed E-state index contributed by atoms with van der Waals surface area (Å²) in [5.74, 6) is 0. The molecule has 27 heavy (non-hydrogen) atoms. The lowest BCUT2D eigenvalue weighted by molar-refractivity contribution is 0.420. The summed E-state index contributed by atoms with van der Waals surface area (Å²) in [6.45, 7) is 3.09. The van der Waals surface area contributed by atoms with Gasteiger partial charge in [-0.15, -0.1) is 0 Å². The molecule has 0 aromatic heterocycles. The van der Waals surface area contributed by atoms with Crippen LogP contribution in [0.2, 0.25) is 5.02 Å². The van der Waals surface area contributed by atoms with Crippen LogP contribution < -0.4 is 10.6 Å². The standard InChI is InChI=1S/C17H19ClN2O5S2/c1-3-20-15-7-5-4-6-12(15)16(17(20,2)27(23,24)25)26(21,22)11-8-9-14(19)13(18)10-11/h4-10,16H,3,19H2,1-2H3,(H,23,24,25).